The molecule has 0 unspecified atom stereocenters. The zero-order valence-electron chi connectivity index (χ0n) is 11.9. The van der Waals surface area contributed by atoms with E-state index in [2.05, 4.69) is 31.2 Å². The highest BCUT2D eigenvalue weighted by molar-refractivity contribution is 9.10. The van der Waals surface area contributed by atoms with E-state index in [-0.39, 0.29) is 11.9 Å². The summed E-state index contributed by atoms with van der Waals surface area (Å²) in [6.45, 7) is 1.55. The molecule has 3 rings (SSSR count). The Balaban J connectivity index is 1.66. The second-order valence-corrected chi connectivity index (χ2v) is 7.18. The van der Waals surface area contributed by atoms with Crippen LogP contribution in [0.15, 0.2) is 28.9 Å². The molecule has 1 aliphatic rings. The van der Waals surface area contributed by atoms with Crippen LogP contribution < -0.4 is 5.32 Å². The van der Waals surface area contributed by atoms with E-state index in [4.69, 9.17) is 0 Å². The molecule has 8 heteroatoms. The van der Waals surface area contributed by atoms with Gasteiger partial charge in [-0.1, -0.05) is 12.1 Å². The topological polar surface area (TPSA) is 75.2 Å². The van der Waals surface area contributed by atoms with Gasteiger partial charge in [-0.3, -0.25) is 4.90 Å². The third-order valence-corrected chi connectivity index (χ3v) is 5.07. The van der Waals surface area contributed by atoms with Gasteiger partial charge in [0.2, 0.25) is 5.95 Å². The van der Waals surface area contributed by atoms with Gasteiger partial charge in [-0.05, 0) is 34.8 Å². The molecule has 1 aromatic carbocycles. The van der Waals surface area contributed by atoms with E-state index < -0.39 is 10.7 Å². The Labute approximate surface area is 139 Å². The zero-order valence-corrected chi connectivity index (χ0v) is 14.4. The summed E-state index contributed by atoms with van der Waals surface area (Å²) < 4.78 is 22.5. The number of nitrogens with zero attached hydrogens (tertiary/aromatic N) is 3. The summed E-state index contributed by atoms with van der Waals surface area (Å²) >= 11 is 3.50. The van der Waals surface area contributed by atoms with Gasteiger partial charge < -0.3 is 5.32 Å². The number of likely N-dealkylation sites (tertiary alicyclic amines) is 1. The van der Waals surface area contributed by atoms with Crippen LogP contribution in [0.25, 0.3) is 10.9 Å². The maximum absolute atomic E-state index is 10.8. The second-order valence-electron chi connectivity index (χ2n) is 5.38. The van der Waals surface area contributed by atoms with Crippen LogP contribution in [-0.2, 0) is 10.7 Å². The minimum atomic E-state index is -2.33. The highest BCUT2D eigenvalue weighted by atomic mass is 79.9. The number of piperidine rings is 1. The lowest BCUT2D eigenvalue weighted by atomic mass is 10.1. The molecular weight excluding hydrogens is 368 g/mol. The number of hydrogen-bond donors (Lipinski definition) is 2. The number of fused-ring (bicyclic) bond motifs is 1. The molecule has 2 aromatic rings. The van der Waals surface area contributed by atoms with Crippen molar-refractivity contribution in [1.82, 2.24) is 14.9 Å². The Morgan fingerprint density at radius 2 is 2.09 bits per heavy atom. The minimum Gasteiger partial charge on any atom is -0.351 e. The fraction of sp³-hybridized carbons (Fsp3) is 0.429. The van der Waals surface area contributed by atoms with E-state index in [1.165, 1.54) is 0 Å². The van der Waals surface area contributed by atoms with Crippen molar-refractivity contribution in [3.63, 3.8) is 0 Å². The summed E-state index contributed by atoms with van der Waals surface area (Å²) in [7, 11) is -2.33. The van der Waals surface area contributed by atoms with E-state index in [0.717, 1.165) is 41.3 Å². The van der Waals surface area contributed by atoms with Gasteiger partial charge in [0.1, 0.15) is 0 Å². The quantitative estimate of drug-likeness (QED) is 0.783. The van der Waals surface area contributed by atoms with Gasteiger partial charge in [-0.2, -0.15) is 0 Å². The number of aromatic nitrogens is 2. The van der Waals surface area contributed by atoms with Crippen molar-refractivity contribution < 1.29 is 8.42 Å². The summed E-state index contributed by atoms with van der Waals surface area (Å²) in [5, 5.41) is 4.35. The second kappa shape index (κ2) is 6.89. The van der Waals surface area contributed by atoms with E-state index in [9.17, 15) is 8.42 Å². The van der Waals surface area contributed by atoms with E-state index in [1.54, 1.807) is 0 Å². The van der Waals surface area contributed by atoms with Crippen molar-refractivity contribution in [2.24, 2.45) is 0 Å². The van der Waals surface area contributed by atoms with Crippen molar-refractivity contribution in [3.8, 4) is 0 Å². The first-order valence-corrected chi connectivity index (χ1v) is 9.29. The van der Waals surface area contributed by atoms with E-state index in [1.807, 2.05) is 29.3 Å². The maximum atomic E-state index is 10.8. The van der Waals surface area contributed by atoms with Crippen LogP contribution in [0.1, 0.15) is 12.8 Å². The minimum absolute atomic E-state index is 0.154. The fourth-order valence-corrected chi connectivity index (χ4v) is 3.73. The Kier molecular flexibility index (Phi) is 4.90. The van der Waals surface area contributed by atoms with E-state index in [0.29, 0.717) is 5.95 Å². The average molecular weight is 385 g/mol. The molecule has 0 spiro atoms. The van der Waals surface area contributed by atoms with E-state index >= 15 is 0 Å². The lowest BCUT2D eigenvalue weighted by Gasteiger charge is -2.30. The van der Waals surface area contributed by atoms with Crippen LogP contribution in [0.2, 0.25) is 0 Å². The van der Waals surface area contributed by atoms with Gasteiger partial charge in [-0.25, -0.2) is 18.4 Å². The third-order valence-electron chi connectivity index (χ3n) is 3.80. The van der Waals surface area contributed by atoms with Crippen LogP contribution >= 0.6 is 15.9 Å². The molecule has 1 aromatic heterocycles. The summed E-state index contributed by atoms with van der Waals surface area (Å²) in [6.07, 6.45) is 3.59. The van der Waals surface area contributed by atoms with Crippen LogP contribution in [0.5, 0.6) is 0 Å². The van der Waals surface area contributed by atoms with Gasteiger partial charge >= 0.3 is 0 Å². The summed E-state index contributed by atoms with van der Waals surface area (Å²) in [4.78, 5) is 10.9. The first-order chi connectivity index (χ1) is 10.6. The molecule has 2 heterocycles. The molecule has 0 radical (unpaired) electrons. The molecule has 0 atom stereocenters. The number of benzene rings is 1. The zero-order chi connectivity index (χ0) is 15.5. The van der Waals surface area contributed by atoms with Crippen molar-refractivity contribution in [2.75, 3.05) is 24.3 Å². The third kappa shape index (κ3) is 3.74. The summed E-state index contributed by atoms with van der Waals surface area (Å²) in [5.41, 5.74) is 0.890. The maximum Gasteiger partial charge on any atom is 0.223 e. The Morgan fingerprint density at radius 1 is 1.32 bits per heavy atom. The van der Waals surface area contributed by atoms with Crippen LogP contribution in [-0.4, -0.2) is 48.3 Å². The first kappa shape index (κ1) is 15.6. The predicted molar refractivity (Wildman–Crippen MR) is 90.6 cm³/mol. The molecule has 0 aliphatic carbocycles. The van der Waals surface area contributed by atoms with Crippen LogP contribution in [0.4, 0.5) is 5.95 Å². The molecule has 0 amide bonds. The smallest absolute Gasteiger partial charge is 0.223 e. The lowest BCUT2D eigenvalue weighted by Crippen LogP contribution is -2.40. The van der Waals surface area contributed by atoms with Gasteiger partial charge in [-0.15, -0.1) is 0 Å². The summed E-state index contributed by atoms with van der Waals surface area (Å²) in [5.74, 6) is 0.773. The number of halogens is 1. The molecule has 1 aliphatic heterocycles. The first-order valence-electron chi connectivity index (χ1n) is 7.14. The highest BCUT2D eigenvalue weighted by Gasteiger charge is 2.20. The van der Waals surface area contributed by atoms with Gasteiger partial charge in [0, 0.05) is 35.2 Å². The number of para-hydroxylation sites is 1. The molecule has 6 nitrogen and oxygen atoms in total. The molecule has 0 bridgehead atoms. The van der Waals surface area contributed by atoms with Crippen molar-refractivity contribution in [3.05, 3.63) is 28.9 Å². The Morgan fingerprint density at radius 3 is 2.82 bits per heavy atom. The number of nitrogens with one attached hydrogen (secondary N) is 1. The molecule has 1 saturated heterocycles. The molecular formula is C14H17BrN4O2S. The predicted octanol–water partition coefficient (Wildman–Crippen LogP) is 1.84. The average Bonchev–Trinajstić information content (AvgIpc) is 2.50. The number of rotatable bonds is 4. The number of anilines is 1. The molecule has 22 heavy (non-hydrogen) atoms. The van der Waals surface area contributed by atoms with Gasteiger partial charge in [0.05, 0.1) is 11.4 Å². The molecule has 118 valence electrons. The summed E-state index contributed by atoms with van der Waals surface area (Å²) in [6, 6.07) is 6.17. The standard InChI is InChI=1S/C14H17BrN4O2S/c15-12-3-1-2-10-8-16-14(18-13(10)12)17-11-4-6-19(7-5-11)9-22(20)21/h1-3,8,11,22H,4-7,9H2,(H,16,17,18). The lowest BCUT2D eigenvalue weighted by molar-refractivity contribution is 0.250. The van der Waals surface area contributed by atoms with Gasteiger partial charge in [0.25, 0.3) is 0 Å². The van der Waals surface area contributed by atoms with Crippen molar-refractivity contribution in [2.45, 2.75) is 18.9 Å². The largest absolute Gasteiger partial charge is 0.351 e. The van der Waals surface area contributed by atoms with Gasteiger partial charge in [0.15, 0.2) is 10.7 Å². The Hall–Kier alpha value is -1.25. The van der Waals surface area contributed by atoms with Crippen molar-refractivity contribution in [1.29, 1.82) is 0 Å². The monoisotopic (exact) mass is 384 g/mol. The Bertz CT molecular complexity index is 737. The normalized spacial score (nSPS) is 17.2. The van der Waals surface area contributed by atoms with Crippen LogP contribution in [0.3, 0.4) is 0 Å². The van der Waals surface area contributed by atoms with Crippen molar-refractivity contribution >= 4 is 43.5 Å². The highest BCUT2D eigenvalue weighted by Crippen LogP contribution is 2.23. The molecule has 0 saturated carbocycles. The molecule has 1 fully saturated rings. The number of hydrogen-bond acceptors (Lipinski definition) is 6. The number of thiol groups is 1. The van der Waals surface area contributed by atoms with Crippen LogP contribution in [0, 0.1) is 0 Å². The molecule has 1 N–H and O–H groups in total. The fourth-order valence-electron chi connectivity index (χ4n) is 2.65. The SMILES string of the molecule is O=[SH](=O)CN1CCC(Nc2ncc3cccc(Br)c3n2)CC1.